The van der Waals surface area contributed by atoms with Crippen molar-refractivity contribution < 1.29 is 18.7 Å². The van der Waals surface area contributed by atoms with Crippen LogP contribution in [0.1, 0.15) is 45.6 Å². The fourth-order valence-electron chi connectivity index (χ4n) is 4.07. The van der Waals surface area contributed by atoms with E-state index in [4.69, 9.17) is 4.42 Å². The molecule has 0 saturated carbocycles. The maximum absolute atomic E-state index is 13.9. The number of halogens is 1. The lowest BCUT2D eigenvalue weighted by Crippen LogP contribution is -2.14. The van der Waals surface area contributed by atoms with E-state index in [0.717, 1.165) is 11.1 Å². The maximum Gasteiger partial charge on any atom is 0.337 e. The van der Waals surface area contributed by atoms with Crippen molar-refractivity contribution in [2.24, 2.45) is 0 Å². The second kappa shape index (κ2) is 8.54. The second-order valence-electron chi connectivity index (χ2n) is 8.35. The van der Waals surface area contributed by atoms with Gasteiger partial charge in [-0.25, -0.2) is 9.18 Å². The highest BCUT2D eigenvalue weighted by Gasteiger charge is 2.20. The quantitative estimate of drug-likeness (QED) is 0.372. The summed E-state index contributed by atoms with van der Waals surface area (Å²) in [6.07, 6.45) is 0. The minimum absolute atomic E-state index is 0.163. The zero-order valence-corrected chi connectivity index (χ0v) is 18.8. The fraction of sp³-hybridized carbons (Fsp3) is 0.185. The van der Waals surface area contributed by atoms with Crippen molar-refractivity contribution in [3.05, 3.63) is 98.5 Å². The molecule has 0 spiro atoms. The number of carboxylic acids is 1. The van der Waals surface area contributed by atoms with Gasteiger partial charge < -0.3 is 14.8 Å². The number of carboxylic acid groups (broad SMARTS) is 1. The van der Waals surface area contributed by atoms with Gasteiger partial charge in [-0.2, -0.15) is 0 Å². The number of hydrogen-bond donors (Lipinski definition) is 2. The molecule has 0 saturated heterocycles. The molecular formula is C27H24FNO4. The summed E-state index contributed by atoms with van der Waals surface area (Å²) in [6, 6.07) is 14.4. The summed E-state index contributed by atoms with van der Waals surface area (Å²) in [6.45, 7) is 7.26. The predicted octanol–water partition coefficient (Wildman–Crippen LogP) is 6.40. The van der Waals surface area contributed by atoms with Crippen LogP contribution in [0.25, 0.3) is 22.3 Å². The molecular weight excluding hydrogens is 421 g/mol. The number of aromatic carboxylic acids is 1. The van der Waals surface area contributed by atoms with Crippen molar-refractivity contribution in [1.29, 1.82) is 0 Å². The third-order valence-corrected chi connectivity index (χ3v) is 5.72. The van der Waals surface area contributed by atoms with Gasteiger partial charge in [-0.3, -0.25) is 4.79 Å². The molecule has 0 aliphatic rings. The summed E-state index contributed by atoms with van der Waals surface area (Å²) in [5.41, 5.74) is 4.13. The van der Waals surface area contributed by atoms with Gasteiger partial charge in [-0.1, -0.05) is 29.8 Å². The average Bonchev–Trinajstić information content (AvgIpc) is 2.77. The van der Waals surface area contributed by atoms with Crippen LogP contribution in [-0.4, -0.2) is 11.1 Å². The Morgan fingerprint density at radius 2 is 1.79 bits per heavy atom. The van der Waals surface area contributed by atoms with Crippen LogP contribution < -0.4 is 10.7 Å². The first-order chi connectivity index (χ1) is 15.7. The third kappa shape index (κ3) is 4.24. The third-order valence-electron chi connectivity index (χ3n) is 5.72. The molecule has 0 radical (unpaired) electrons. The number of nitrogens with one attached hydrogen (secondary N) is 1. The van der Waals surface area contributed by atoms with Crippen molar-refractivity contribution in [1.82, 2.24) is 0 Å². The van der Waals surface area contributed by atoms with E-state index in [1.54, 1.807) is 37.3 Å². The lowest BCUT2D eigenvalue weighted by molar-refractivity contribution is 0.0697. The first-order valence-electron chi connectivity index (χ1n) is 10.6. The fourth-order valence-corrected chi connectivity index (χ4v) is 4.07. The molecule has 33 heavy (non-hydrogen) atoms. The predicted molar refractivity (Wildman–Crippen MR) is 128 cm³/mol. The SMILES string of the molecule is Cc1ccc(NC(C)c2cc(C)cc3c(=O)c(C)c(-c4cccc(F)c4)oc23)c(C(=O)O)c1. The average molecular weight is 445 g/mol. The van der Waals surface area contributed by atoms with Gasteiger partial charge in [0, 0.05) is 22.4 Å². The molecule has 4 aromatic rings. The van der Waals surface area contributed by atoms with E-state index in [-0.39, 0.29) is 17.0 Å². The van der Waals surface area contributed by atoms with Gasteiger partial charge in [0.2, 0.25) is 0 Å². The first-order valence-corrected chi connectivity index (χ1v) is 10.6. The zero-order chi connectivity index (χ0) is 23.9. The number of rotatable bonds is 5. The molecule has 3 aromatic carbocycles. The van der Waals surface area contributed by atoms with E-state index in [9.17, 15) is 19.1 Å². The van der Waals surface area contributed by atoms with Gasteiger partial charge in [0.25, 0.3) is 0 Å². The lowest BCUT2D eigenvalue weighted by Gasteiger charge is -2.20. The van der Waals surface area contributed by atoms with Crippen LogP contribution in [0.5, 0.6) is 0 Å². The molecule has 0 aliphatic heterocycles. The van der Waals surface area contributed by atoms with E-state index in [0.29, 0.717) is 39.1 Å². The molecule has 5 nitrogen and oxygen atoms in total. The van der Waals surface area contributed by atoms with Crippen LogP contribution in [0, 0.1) is 26.6 Å². The molecule has 0 aliphatic carbocycles. The van der Waals surface area contributed by atoms with Crippen LogP contribution in [-0.2, 0) is 0 Å². The summed E-state index contributed by atoms with van der Waals surface area (Å²) >= 11 is 0. The number of hydrogen-bond acceptors (Lipinski definition) is 4. The smallest absolute Gasteiger partial charge is 0.337 e. The summed E-state index contributed by atoms with van der Waals surface area (Å²) in [5, 5.41) is 13.3. The summed E-state index contributed by atoms with van der Waals surface area (Å²) < 4.78 is 20.1. The largest absolute Gasteiger partial charge is 0.478 e. The van der Waals surface area contributed by atoms with Crippen molar-refractivity contribution >= 4 is 22.6 Å². The van der Waals surface area contributed by atoms with Crippen molar-refractivity contribution in [2.45, 2.75) is 33.7 Å². The Morgan fingerprint density at radius 1 is 1.03 bits per heavy atom. The van der Waals surface area contributed by atoms with Crippen LogP contribution in [0.2, 0.25) is 0 Å². The Balaban J connectivity index is 1.89. The van der Waals surface area contributed by atoms with E-state index in [1.807, 2.05) is 32.9 Å². The highest BCUT2D eigenvalue weighted by molar-refractivity contribution is 5.94. The minimum atomic E-state index is -1.03. The molecule has 0 fully saturated rings. The minimum Gasteiger partial charge on any atom is -0.478 e. The summed E-state index contributed by atoms with van der Waals surface area (Å²) in [4.78, 5) is 25.0. The van der Waals surface area contributed by atoms with Crippen LogP contribution in [0.4, 0.5) is 10.1 Å². The zero-order valence-electron chi connectivity index (χ0n) is 18.8. The van der Waals surface area contributed by atoms with Crippen LogP contribution in [0.15, 0.2) is 63.8 Å². The van der Waals surface area contributed by atoms with E-state index >= 15 is 0 Å². The standard InChI is InChI=1S/C27H24FNO4/c1-14-8-9-23(21(10-14)27(31)32)29-17(4)20-11-15(2)12-22-24(30)16(3)25(33-26(20)22)18-6-5-7-19(28)13-18/h5-13,17,29H,1-4H3,(H,31,32). The van der Waals surface area contributed by atoms with Gasteiger partial charge in [-0.15, -0.1) is 0 Å². The Bertz CT molecular complexity index is 1450. The van der Waals surface area contributed by atoms with Gasteiger partial charge >= 0.3 is 5.97 Å². The monoisotopic (exact) mass is 445 g/mol. The van der Waals surface area contributed by atoms with Crippen molar-refractivity contribution in [3.8, 4) is 11.3 Å². The number of anilines is 1. The molecule has 1 unspecified atom stereocenters. The van der Waals surface area contributed by atoms with Crippen LogP contribution in [0.3, 0.4) is 0 Å². The maximum atomic E-state index is 13.9. The molecule has 1 atom stereocenters. The number of aryl methyl sites for hydroxylation is 2. The number of fused-ring (bicyclic) bond motifs is 1. The Kier molecular flexibility index (Phi) is 5.77. The lowest BCUT2D eigenvalue weighted by atomic mass is 9.98. The van der Waals surface area contributed by atoms with Gasteiger partial charge in [0.15, 0.2) is 5.43 Å². The number of carbonyl (C=O) groups is 1. The topological polar surface area (TPSA) is 79.5 Å². The first kappa shape index (κ1) is 22.3. The molecule has 168 valence electrons. The molecule has 1 aromatic heterocycles. The molecule has 4 rings (SSSR count). The Morgan fingerprint density at radius 3 is 2.48 bits per heavy atom. The van der Waals surface area contributed by atoms with Crippen molar-refractivity contribution in [3.63, 3.8) is 0 Å². The highest BCUT2D eigenvalue weighted by Crippen LogP contribution is 2.33. The molecule has 0 bridgehead atoms. The summed E-state index contributed by atoms with van der Waals surface area (Å²) in [5.74, 6) is -1.14. The van der Waals surface area contributed by atoms with E-state index < -0.39 is 11.8 Å². The van der Waals surface area contributed by atoms with Gasteiger partial charge in [-0.05, 0) is 63.6 Å². The van der Waals surface area contributed by atoms with E-state index in [1.165, 1.54) is 12.1 Å². The molecule has 2 N–H and O–H groups in total. The highest BCUT2D eigenvalue weighted by atomic mass is 19.1. The number of benzene rings is 3. The Hall–Kier alpha value is -3.93. The molecule has 0 amide bonds. The molecule has 1 heterocycles. The van der Waals surface area contributed by atoms with Crippen molar-refractivity contribution in [2.75, 3.05) is 5.32 Å². The Labute approximate surface area is 190 Å². The van der Waals surface area contributed by atoms with Crippen LogP contribution >= 0.6 is 0 Å². The normalized spacial score (nSPS) is 12.0. The molecule has 6 heteroatoms. The van der Waals surface area contributed by atoms with Gasteiger partial charge in [0.05, 0.1) is 17.0 Å². The second-order valence-corrected chi connectivity index (χ2v) is 8.35. The van der Waals surface area contributed by atoms with E-state index in [2.05, 4.69) is 5.32 Å². The van der Waals surface area contributed by atoms with Gasteiger partial charge in [0.1, 0.15) is 17.2 Å². The summed E-state index contributed by atoms with van der Waals surface area (Å²) in [7, 11) is 0.